The fraction of sp³-hybridized carbons (Fsp3) is 0.727. The van der Waals surface area contributed by atoms with Crippen LogP contribution in [0.1, 0.15) is 33.1 Å². The summed E-state index contributed by atoms with van der Waals surface area (Å²) < 4.78 is 0. The molecular weight excluding hydrogens is 176 g/mol. The molecule has 0 heterocycles. The summed E-state index contributed by atoms with van der Waals surface area (Å²) in [7, 11) is 0. The monoisotopic (exact) mass is 196 g/mol. The zero-order valence-electron chi connectivity index (χ0n) is 9.10. The maximum atomic E-state index is 11.3. The van der Waals surface area contributed by atoms with E-state index < -0.39 is 0 Å². The first-order valence-electron chi connectivity index (χ1n) is 5.19. The number of hydrogen-bond donors (Lipinski definition) is 2. The lowest BCUT2D eigenvalue weighted by Gasteiger charge is -2.17. The minimum Gasteiger partial charge on any atom is -0.335 e. The Labute approximate surface area is 86.0 Å². The molecule has 1 fully saturated rings. The van der Waals surface area contributed by atoms with Crippen molar-refractivity contribution in [1.29, 1.82) is 0 Å². The summed E-state index contributed by atoms with van der Waals surface area (Å²) in [5, 5.41) is 5.69. The SMILES string of the molecule is C=CCNC(=O)NC1CCC(C)(C)C1. The largest absolute Gasteiger partial charge is 0.335 e. The van der Waals surface area contributed by atoms with Crippen LogP contribution in [0.4, 0.5) is 4.79 Å². The Morgan fingerprint density at radius 3 is 2.86 bits per heavy atom. The number of hydrogen-bond acceptors (Lipinski definition) is 1. The Balaban J connectivity index is 2.25. The van der Waals surface area contributed by atoms with Crippen molar-refractivity contribution in [1.82, 2.24) is 10.6 Å². The van der Waals surface area contributed by atoms with Gasteiger partial charge in [-0.2, -0.15) is 0 Å². The van der Waals surface area contributed by atoms with Crippen molar-refractivity contribution in [3.05, 3.63) is 12.7 Å². The number of carbonyl (C=O) groups is 1. The lowest BCUT2D eigenvalue weighted by atomic mass is 9.92. The summed E-state index contributed by atoms with van der Waals surface area (Å²) in [6.07, 6.45) is 5.04. The molecule has 0 bridgehead atoms. The number of amides is 2. The highest BCUT2D eigenvalue weighted by atomic mass is 16.2. The number of carbonyl (C=O) groups excluding carboxylic acids is 1. The van der Waals surface area contributed by atoms with Gasteiger partial charge in [-0.25, -0.2) is 4.79 Å². The maximum Gasteiger partial charge on any atom is 0.315 e. The van der Waals surface area contributed by atoms with Gasteiger partial charge in [-0.05, 0) is 24.7 Å². The van der Waals surface area contributed by atoms with E-state index in [0.29, 0.717) is 18.0 Å². The first kappa shape index (κ1) is 11.1. The summed E-state index contributed by atoms with van der Waals surface area (Å²) in [5.74, 6) is 0. The van der Waals surface area contributed by atoms with E-state index in [4.69, 9.17) is 0 Å². The smallest absolute Gasteiger partial charge is 0.315 e. The topological polar surface area (TPSA) is 41.1 Å². The molecule has 2 N–H and O–H groups in total. The summed E-state index contributed by atoms with van der Waals surface area (Å²) >= 11 is 0. The van der Waals surface area contributed by atoms with Gasteiger partial charge in [0.25, 0.3) is 0 Å². The molecule has 1 aliphatic rings. The van der Waals surface area contributed by atoms with E-state index in [1.807, 2.05) is 0 Å². The predicted molar refractivity (Wildman–Crippen MR) is 58.2 cm³/mol. The molecule has 2 amide bonds. The summed E-state index contributed by atoms with van der Waals surface area (Å²) in [6, 6.07) is 0.266. The van der Waals surface area contributed by atoms with Crippen LogP contribution in [0.15, 0.2) is 12.7 Å². The normalized spacial score (nSPS) is 24.3. The fourth-order valence-electron chi connectivity index (χ4n) is 1.96. The van der Waals surface area contributed by atoms with Crippen molar-refractivity contribution in [2.75, 3.05) is 6.54 Å². The molecule has 1 atom stereocenters. The van der Waals surface area contributed by atoms with E-state index in [1.165, 1.54) is 6.42 Å². The Morgan fingerprint density at radius 1 is 1.64 bits per heavy atom. The van der Waals surface area contributed by atoms with Crippen molar-refractivity contribution < 1.29 is 4.79 Å². The minimum atomic E-state index is -0.0763. The summed E-state index contributed by atoms with van der Waals surface area (Å²) in [4.78, 5) is 11.3. The van der Waals surface area contributed by atoms with Crippen LogP contribution < -0.4 is 10.6 Å². The van der Waals surface area contributed by atoms with Gasteiger partial charge in [-0.15, -0.1) is 6.58 Å². The lowest BCUT2D eigenvalue weighted by Crippen LogP contribution is -2.41. The third kappa shape index (κ3) is 3.40. The molecule has 1 saturated carbocycles. The van der Waals surface area contributed by atoms with Gasteiger partial charge in [-0.3, -0.25) is 0 Å². The lowest BCUT2D eigenvalue weighted by molar-refractivity contribution is 0.237. The Bertz CT molecular complexity index is 223. The standard InChI is InChI=1S/C11H20N2O/c1-4-7-12-10(14)13-9-5-6-11(2,3)8-9/h4,9H,1,5-8H2,2-3H3,(H2,12,13,14). The van der Waals surface area contributed by atoms with E-state index >= 15 is 0 Å². The van der Waals surface area contributed by atoms with Gasteiger partial charge in [0.05, 0.1) is 0 Å². The van der Waals surface area contributed by atoms with Gasteiger partial charge < -0.3 is 10.6 Å². The molecule has 80 valence electrons. The van der Waals surface area contributed by atoms with Crippen molar-refractivity contribution in [2.24, 2.45) is 5.41 Å². The van der Waals surface area contributed by atoms with Crippen LogP contribution in [0.5, 0.6) is 0 Å². The molecule has 1 rings (SSSR count). The van der Waals surface area contributed by atoms with Crippen LogP contribution in [-0.2, 0) is 0 Å². The Hall–Kier alpha value is -0.990. The molecule has 0 radical (unpaired) electrons. The molecule has 0 aromatic carbocycles. The van der Waals surface area contributed by atoms with E-state index in [-0.39, 0.29) is 6.03 Å². The summed E-state index contributed by atoms with van der Waals surface area (Å²) in [5.41, 5.74) is 0.385. The van der Waals surface area contributed by atoms with E-state index in [2.05, 4.69) is 31.1 Å². The molecule has 0 aromatic heterocycles. The molecule has 0 aromatic rings. The average Bonchev–Trinajstić information content (AvgIpc) is 2.42. The zero-order valence-corrected chi connectivity index (χ0v) is 9.10. The maximum absolute atomic E-state index is 11.3. The van der Waals surface area contributed by atoms with Gasteiger partial charge in [0.1, 0.15) is 0 Å². The molecule has 3 heteroatoms. The van der Waals surface area contributed by atoms with Gasteiger partial charge >= 0.3 is 6.03 Å². The van der Waals surface area contributed by atoms with E-state index in [0.717, 1.165) is 12.8 Å². The molecule has 14 heavy (non-hydrogen) atoms. The quantitative estimate of drug-likeness (QED) is 0.666. The van der Waals surface area contributed by atoms with Crippen LogP contribution in [-0.4, -0.2) is 18.6 Å². The van der Waals surface area contributed by atoms with Crippen LogP contribution in [0.25, 0.3) is 0 Å². The van der Waals surface area contributed by atoms with Crippen molar-refractivity contribution in [3.63, 3.8) is 0 Å². The summed E-state index contributed by atoms with van der Waals surface area (Å²) in [6.45, 7) is 8.57. The van der Waals surface area contributed by atoms with Gasteiger partial charge in [0, 0.05) is 12.6 Å². The Kier molecular flexibility index (Phi) is 3.55. The van der Waals surface area contributed by atoms with Gasteiger partial charge in [-0.1, -0.05) is 19.9 Å². The first-order chi connectivity index (χ1) is 6.53. The fourth-order valence-corrected chi connectivity index (χ4v) is 1.96. The van der Waals surface area contributed by atoms with Crippen LogP contribution in [0.3, 0.4) is 0 Å². The molecule has 3 nitrogen and oxygen atoms in total. The molecular formula is C11H20N2O. The third-order valence-corrected chi connectivity index (χ3v) is 2.71. The van der Waals surface area contributed by atoms with Crippen molar-refractivity contribution >= 4 is 6.03 Å². The van der Waals surface area contributed by atoms with Gasteiger partial charge in [0.2, 0.25) is 0 Å². The minimum absolute atomic E-state index is 0.0763. The van der Waals surface area contributed by atoms with Crippen molar-refractivity contribution in [3.8, 4) is 0 Å². The van der Waals surface area contributed by atoms with E-state index in [9.17, 15) is 4.79 Å². The number of urea groups is 1. The van der Waals surface area contributed by atoms with E-state index in [1.54, 1.807) is 6.08 Å². The molecule has 0 saturated heterocycles. The second kappa shape index (κ2) is 4.49. The second-order valence-corrected chi connectivity index (χ2v) is 4.75. The number of rotatable bonds is 3. The highest BCUT2D eigenvalue weighted by Gasteiger charge is 2.31. The van der Waals surface area contributed by atoms with Gasteiger partial charge in [0.15, 0.2) is 0 Å². The van der Waals surface area contributed by atoms with Crippen LogP contribution in [0.2, 0.25) is 0 Å². The first-order valence-corrected chi connectivity index (χ1v) is 5.19. The Morgan fingerprint density at radius 2 is 2.36 bits per heavy atom. The predicted octanol–water partition coefficient (Wildman–Crippen LogP) is 2.05. The highest BCUT2D eigenvalue weighted by Crippen LogP contribution is 2.36. The average molecular weight is 196 g/mol. The van der Waals surface area contributed by atoms with Crippen LogP contribution >= 0.6 is 0 Å². The van der Waals surface area contributed by atoms with Crippen LogP contribution in [0, 0.1) is 5.41 Å². The third-order valence-electron chi connectivity index (χ3n) is 2.71. The van der Waals surface area contributed by atoms with Crippen molar-refractivity contribution in [2.45, 2.75) is 39.2 Å². The zero-order chi connectivity index (χ0) is 10.6. The molecule has 0 spiro atoms. The molecule has 0 aliphatic heterocycles. The number of nitrogens with one attached hydrogen (secondary N) is 2. The molecule has 1 aliphatic carbocycles. The second-order valence-electron chi connectivity index (χ2n) is 4.75. The highest BCUT2D eigenvalue weighted by molar-refractivity contribution is 5.74. The molecule has 1 unspecified atom stereocenters.